The average Bonchev–Trinajstić information content (AvgIpc) is 3.66. The zero-order valence-electron chi connectivity index (χ0n) is 18.0. The first-order valence-electron chi connectivity index (χ1n) is 10.6. The van der Waals surface area contributed by atoms with Gasteiger partial charge in [-0.2, -0.15) is 0 Å². The van der Waals surface area contributed by atoms with Crippen LogP contribution in [0.25, 0.3) is 11.0 Å². The van der Waals surface area contributed by atoms with Crippen molar-refractivity contribution >= 4 is 45.5 Å². The Bertz CT molecular complexity index is 1360. The summed E-state index contributed by atoms with van der Waals surface area (Å²) in [7, 11) is 0. The molecule has 0 aliphatic rings. The number of aromatic nitrogens is 3. The molecule has 0 saturated carbocycles. The molecular weight excluding hydrogens is 470 g/mol. The van der Waals surface area contributed by atoms with Gasteiger partial charge < -0.3 is 14.6 Å². The first-order chi connectivity index (χ1) is 16.7. The van der Waals surface area contributed by atoms with Crippen LogP contribution in [0, 0.1) is 0 Å². The Morgan fingerprint density at radius 1 is 1.03 bits per heavy atom. The van der Waals surface area contributed by atoms with Gasteiger partial charge in [0.15, 0.2) is 0 Å². The van der Waals surface area contributed by atoms with Crippen LogP contribution in [0.3, 0.4) is 0 Å². The van der Waals surface area contributed by atoms with E-state index in [9.17, 15) is 9.59 Å². The standard InChI is InChI=1S/C24H21N5O3S2/c30-22(16-29-20-9-2-1-8-19(20)26-27-29)28(15-18-7-4-12-33-18)23(21-10-5-13-34-21)24(31)25-14-17-6-3-11-32-17/h1-13,23H,14-16H2,(H,25,31). The molecule has 34 heavy (non-hydrogen) atoms. The average molecular weight is 492 g/mol. The molecule has 1 aromatic carbocycles. The Hall–Kier alpha value is -3.76. The summed E-state index contributed by atoms with van der Waals surface area (Å²) in [4.78, 5) is 30.5. The second-order valence-electron chi connectivity index (χ2n) is 7.55. The smallest absolute Gasteiger partial charge is 0.248 e. The number of nitrogens with zero attached hydrogens (tertiary/aromatic N) is 4. The van der Waals surface area contributed by atoms with Crippen molar-refractivity contribution in [3.63, 3.8) is 0 Å². The van der Waals surface area contributed by atoms with Gasteiger partial charge in [0.05, 0.1) is 24.9 Å². The molecule has 5 aromatic rings. The first-order valence-corrected chi connectivity index (χ1v) is 12.4. The number of thiophene rings is 2. The third-order valence-corrected chi connectivity index (χ3v) is 7.11. The van der Waals surface area contributed by atoms with Gasteiger partial charge in [-0.05, 0) is 47.2 Å². The Labute approximate surface area is 203 Å². The number of hydrogen-bond donors (Lipinski definition) is 1. The summed E-state index contributed by atoms with van der Waals surface area (Å²) in [5.41, 5.74) is 1.48. The van der Waals surface area contributed by atoms with Gasteiger partial charge in [0.1, 0.15) is 23.9 Å². The number of hydrogen-bond acceptors (Lipinski definition) is 7. The lowest BCUT2D eigenvalue weighted by Gasteiger charge is -2.30. The van der Waals surface area contributed by atoms with Crippen LogP contribution >= 0.6 is 22.7 Å². The minimum Gasteiger partial charge on any atom is -0.467 e. The fraction of sp³-hybridized carbons (Fsp3) is 0.167. The van der Waals surface area contributed by atoms with Crippen molar-refractivity contribution in [2.75, 3.05) is 0 Å². The summed E-state index contributed by atoms with van der Waals surface area (Å²) in [5.74, 6) is 0.145. The molecular formula is C24H21N5O3S2. The highest BCUT2D eigenvalue weighted by Gasteiger charge is 2.33. The van der Waals surface area contributed by atoms with Gasteiger partial charge in [0.25, 0.3) is 0 Å². The number of furan rings is 1. The van der Waals surface area contributed by atoms with Gasteiger partial charge in [-0.25, -0.2) is 4.68 Å². The Balaban J connectivity index is 1.45. The number of nitrogens with one attached hydrogen (secondary N) is 1. The van der Waals surface area contributed by atoms with Crippen LogP contribution in [0.4, 0.5) is 0 Å². The largest absolute Gasteiger partial charge is 0.467 e. The summed E-state index contributed by atoms with van der Waals surface area (Å²) in [6.07, 6.45) is 1.56. The van der Waals surface area contributed by atoms with Crippen LogP contribution in [0.2, 0.25) is 0 Å². The van der Waals surface area contributed by atoms with E-state index in [0.29, 0.717) is 17.8 Å². The van der Waals surface area contributed by atoms with Crippen LogP contribution in [0.1, 0.15) is 21.6 Å². The Morgan fingerprint density at radius 2 is 1.88 bits per heavy atom. The van der Waals surface area contributed by atoms with Crippen molar-refractivity contribution < 1.29 is 14.0 Å². The fourth-order valence-electron chi connectivity index (χ4n) is 3.70. The fourth-order valence-corrected chi connectivity index (χ4v) is 5.24. The van der Waals surface area contributed by atoms with Gasteiger partial charge >= 0.3 is 0 Å². The van der Waals surface area contributed by atoms with Crippen molar-refractivity contribution in [2.24, 2.45) is 0 Å². The van der Waals surface area contributed by atoms with Crippen molar-refractivity contribution in [2.45, 2.75) is 25.7 Å². The summed E-state index contributed by atoms with van der Waals surface area (Å²) in [6, 6.07) is 17.9. The van der Waals surface area contributed by atoms with Crippen LogP contribution < -0.4 is 5.32 Å². The predicted molar refractivity (Wildman–Crippen MR) is 130 cm³/mol. The van der Waals surface area contributed by atoms with Gasteiger partial charge in [0.2, 0.25) is 11.8 Å². The third-order valence-electron chi connectivity index (χ3n) is 5.32. The van der Waals surface area contributed by atoms with E-state index in [1.165, 1.54) is 11.3 Å². The number of para-hydroxylation sites is 1. The quantitative estimate of drug-likeness (QED) is 0.333. The number of carbonyl (C=O) groups is 2. The number of rotatable bonds is 9. The first kappa shape index (κ1) is 22.1. The van der Waals surface area contributed by atoms with E-state index in [1.807, 2.05) is 59.3 Å². The van der Waals surface area contributed by atoms with Crippen molar-refractivity contribution in [3.8, 4) is 0 Å². The lowest BCUT2D eigenvalue weighted by Crippen LogP contribution is -2.44. The lowest BCUT2D eigenvalue weighted by molar-refractivity contribution is -0.142. The molecule has 1 N–H and O–H groups in total. The second kappa shape index (κ2) is 10.0. The molecule has 0 aliphatic heterocycles. The summed E-state index contributed by atoms with van der Waals surface area (Å²) < 4.78 is 6.92. The highest BCUT2D eigenvalue weighted by molar-refractivity contribution is 7.10. The van der Waals surface area contributed by atoms with Gasteiger partial charge in [-0.15, -0.1) is 27.8 Å². The Morgan fingerprint density at radius 3 is 2.65 bits per heavy atom. The zero-order chi connectivity index (χ0) is 23.3. The molecule has 5 rings (SSSR count). The minimum atomic E-state index is -0.792. The molecule has 4 heterocycles. The zero-order valence-corrected chi connectivity index (χ0v) is 19.7. The highest BCUT2D eigenvalue weighted by Crippen LogP contribution is 2.29. The minimum absolute atomic E-state index is 0.0285. The monoisotopic (exact) mass is 491 g/mol. The molecule has 1 atom stereocenters. The summed E-state index contributed by atoms with van der Waals surface area (Å²) >= 11 is 2.99. The number of benzene rings is 1. The molecule has 8 nitrogen and oxygen atoms in total. The van der Waals surface area contributed by atoms with E-state index >= 15 is 0 Å². The van der Waals surface area contributed by atoms with Crippen LogP contribution in [-0.4, -0.2) is 31.7 Å². The van der Waals surface area contributed by atoms with E-state index in [1.54, 1.807) is 39.3 Å². The van der Waals surface area contributed by atoms with E-state index in [4.69, 9.17) is 4.42 Å². The van der Waals surface area contributed by atoms with Crippen molar-refractivity contribution in [1.82, 2.24) is 25.2 Å². The molecule has 0 aliphatic carbocycles. The van der Waals surface area contributed by atoms with Gasteiger partial charge in [-0.3, -0.25) is 9.59 Å². The molecule has 0 bridgehead atoms. The van der Waals surface area contributed by atoms with E-state index in [-0.39, 0.29) is 24.9 Å². The molecule has 1 unspecified atom stereocenters. The number of fused-ring (bicyclic) bond motifs is 1. The predicted octanol–water partition coefficient (Wildman–Crippen LogP) is 4.23. The lowest BCUT2D eigenvalue weighted by atomic mass is 10.1. The molecule has 0 fully saturated rings. The second-order valence-corrected chi connectivity index (χ2v) is 9.56. The summed E-state index contributed by atoms with van der Waals surface area (Å²) in [5, 5.41) is 15.1. The van der Waals surface area contributed by atoms with Gasteiger partial charge in [0, 0.05) is 9.75 Å². The van der Waals surface area contributed by atoms with Crippen LogP contribution in [-0.2, 0) is 29.2 Å². The Kier molecular flexibility index (Phi) is 6.50. The maximum absolute atomic E-state index is 13.7. The number of carbonyl (C=O) groups excluding carboxylic acids is 2. The number of amides is 2. The SMILES string of the molecule is O=C(NCc1ccco1)C(c1cccs1)N(Cc1cccs1)C(=O)Cn1nnc2ccccc21. The van der Waals surface area contributed by atoms with Crippen LogP contribution in [0.5, 0.6) is 0 Å². The van der Waals surface area contributed by atoms with Gasteiger partial charge in [-0.1, -0.05) is 29.5 Å². The maximum Gasteiger partial charge on any atom is 0.248 e. The van der Waals surface area contributed by atoms with Crippen molar-refractivity contribution in [1.29, 1.82) is 0 Å². The van der Waals surface area contributed by atoms with Crippen molar-refractivity contribution in [3.05, 3.63) is 93.2 Å². The van der Waals surface area contributed by atoms with E-state index in [0.717, 1.165) is 15.3 Å². The highest BCUT2D eigenvalue weighted by atomic mass is 32.1. The van der Waals surface area contributed by atoms with E-state index < -0.39 is 6.04 Å². The molecule has 10 heteroatoms. The molecule has 0 saturated heterocycles. The molecule has 172 valence electrons. The molecule has 0 radical (unpaired) electrons. The maximum atomic E-state index is 13.7. The van der Waals surface area contributed by atoms with E-state index in [2.05, 4.69) is 15.6 Å². The topological polar surface area (TPSA) is 93.3 Å². The third kappa shape index (κ3) is 4.78. The molecule has 2 amide bonds. The summed E-state index contributed by atoms with van der Waals surface area (Å²) in [6.45, 7) is 0.515. The normalized spacial score (nSPS) is 12.0. The molecule has 4 aromatic heterocycles. The molecule has 0 spiro atoms. The van der Waals surface area contributed by atoms with Crippen LogP contribution in [0.15, 0.2) is 82.1 Å².